The minimum absolute atomic E-state index is 0.0261. The first-order chi connectivity index (χ1) is 14.3. The Labute approximate surface area is 176 Å². The SMILES string of the molecule is CCC1CN(C(=O)N2Cc3c(NC(=O)c4ccccn4)n[nH]c3C2(C)C)CCN1C. The summed E-state index contributed by atoms with van der Waals surface area (Å²) in [7, 11) is 2.11. The Hall–Kier alpha value is -2.94. The van der Waals surface area contributed by atoms with Crippen LogP contribution in [-0.2, 0) is 12.1 Å². The normalized spacial score (nSPS) is 20.9. The summed E-state index contributed by atoms with van der Waals surface area (Å²) < 4.78 is 0. The third-order valence-electron chi connectivity index (χ3n) is 6.35. The molecule has 1 unspecified atom stereocenters. The molecule has 2 aromatic heterocycles. The number of likely N-dealkylation sites (N-methyl/N-ethyl adjacent to an activating group) is 1. The van der Waals surface area contributed by atoms with Crippen LogP contribution >= 0.6 is 0 Å². The fourth-order valence-electron chi connectivity index (χ4n) is 4.33. The van der Waals surface area contributed by atoms with Crippen molar-refractivity contribution in [2.45, 2.75) is 45.3 Å². The molecular weight excluding hydrogens is 382 g/mol. The number of carbonyl (C=O) groups excluding carboxylic acids is 2. The number of H-pyrrole nitrogens is 1. The van der Waals surface area contributed by atoms with E-state index in [0.717, 1.165) is 30.8 Å². The maximum absolute atomic E-state index is 13.4. The van der Waals surface area contributed by atoms with Crippen molar-refractivity contribution in [3.8, 4) is 0 Å². The molecular formula is C21H29N7O2. The molecule has 0 bridgehead atoms. The van der Waals surface area contributed by atoms with Crippen LogP contribution < -0.4 is 5.32 Å². The van der Waals surface area contributed by atoms with Crippen LogP contribution in [0.4, 0.5) is 10.6 Å². The summed E-state index contributed by atoms with van der Waals surface area (Å²) in [5.74, 6) is 0.131. The molecule has 9 nitrogen and oxygen atoms in total. The number of pyridine rings is 1. The first-order valence-corrected chi connectivity index (χ1v) is 10.4. The van der Waals surface area contributed by atoms with Gasteiger partial charge in [-0.3, -0.25) is 19.8 Å². The van der Waals surface area contributed by atoms with Crippen molar-refractivity contribution in [2.75, 3.05) is 32.0 Å². The van der Waals surface area contributed by atoms with Gasteiger partial charge in [0.05, 0.1) is 17.8 Å². The van der Waals surface area contributed by atoms with E-state index in [2.05, 4.69) is 39.4 Å². The van der Waals surface area contributed by atoms with Gasteiger partial charge in [-0.1, -0.05) is 13.0 Å². The van der Waals surface area contributed by atoms with Gasteiger partial charge in [-0.05, 0) is 39.4 Å². The molecule has 2 aromatic rings. The van der Waals surface area contributed by atoms with Gasteiger partial charge in [0.25, 0.3) is 5.91 Å². The molecule has 9 heteroatoms. The monoisotopic (exact) mass is 411 g/mol. The molecule has 0 radical (unpaired) electrons. The van der Waals surface area contributed by atoms with Crippen LogP contribution in [0.15, 0.2) is 24.4 Å². The zero-order valence-electron chi connectivity index (χ0n) is 18.0. The molecule has 0 saturated carbocycles. The van der Waals surface area contributed by atoms with Crippen molar-refractivity contribution in [3.63, 3.8) is 0 Å². The van der Waals surface area contributed by atoms with E-state index in [1.807, 2.05) is 23.6 Å². The number of aromatic amines is 1. The highest BCUT2D eigenvalue weighted by Gasteiger charge is 2.45. The number of nitrogens with zero attached hydrogens (tertiary/aromatic N) is 5. The van der Waals surface area contributed by atoms with Crippen LogP contribution in [0.5, 0.6) is 0 Å². The maximum Gasteiger partial charge on any atom is 0.321 e. The number of aromatic nitrogens is 3. The van der Waals surface area contributed by atoms with Gasteiger partial charge in [-0.25, -0.2) is 4.79 Å². The Morgan fingerprint density at radius 1 is 1.30 bits per heavy atom. The van der Waals surface area contributed by atoms with Crippen molar-refractivity contribution >= 4 is 17.8 Å². The van der Waals surface area contributed by atoms with E-state index in [-0.39, 0.29) is 11.9 Å². The van der Waals surface area contributed by atoms with E-state index in [9.17, 15) is 9.59 Å². The van der Waals surface area contributed by atoms with Gasteiger partial charge in [0.2, 0.25) is 0 Å². The number of amides is 3. The first kappa shape index (κ1) is 20.3. The summed E-state index contributed by atoms with van der Waals surface area (Å²) in [6.07, 6.45) is 2.59. The number of hydrogen-bond donors (Lipinski definition) is 2. The lowest BCUT2D eigenvalue weighted by Gasteiger charge is -2.43. The van der Waals surface area contributed by atoms with Gasteiger partial charge in [-0.2, -0.15) is 5.10 Å². The molecule has 3 amide bonds. The number of carbonyl (C=O) groups is 2. The van der Waals surface area contributed by atoms with E-state index >= 15 is 0 Å². The Balaban J connectivity index is 1.52. The number of fused-ring (bicyclic) bond motifs is 1. The molecule has 0 aliphatic carbocycles. The average Bonchev–Trinajstić information content (AvgIpc) is 3.26. The second kappa shape index (κ2) is 7.71. The van der Waals surface area contributed by atoms with Crippen molar-refractivity contribution in [1.29, 1.82) is 0 Å². The van der Waals surface area contributed by atoms with Gasteiger partial charge in [-0.15, -0.1) is 0 Å². The third-order valence-corrected chi connectivity index (χ3v) is 6.35. The molecule has 4 rings (SSSR count). The predicted molar refractivity (Wildman–Crippen MR) is 113 cm³/mol. The standard InChI is InChI=1S/C21H29N7O2/c1-5-14-12-27(11-10-26(14)4)20(30)28-13-15-17(21(28,2)3)24-25-18(15)23-19(29)16-8-6-7-9-22-16/h6-9,14H,5,10-13H2,1-4H3,(H2,23,24,25,29). The molecule has 2 N–H and O–H groups in total. The van der Waals surface area contributed by atoms with E-state index in [1.165, 1.54) is 0 Å². The second-order valence-electron chi connectivity index (χ2n) is 8.51. The number of nitrogens with one attached hydrogen (secondary N) is 2. The van der Waals surface area contributed by atoms with Crippen molar-refractivity contribution in [3.05, 3.63) is 41.3 Å². The van der Waals surface area contributed by atoms with E-state index in [0.29, 0.717) is 30.6 Å². The van der Waals surface area contributed by atoms with Gasteiger partial charge in [0, 0.05) is 37.4 Å². The third kappa shape index (κ3) is 3.43. The number of urea groups is 1. The maximum atomic E-state index is 13.4. The highest BCUT2D eigenvalue weighted by atomic mass is 16.2. The topological polar surface area (TPSA) is 97.5 Å². The van der Waals surface area contributed by atoms with Crippen molar-refractivity contribution in [2.24, 2.45) is 0 Å². The zero-order chi connectivity index (χ0) is 21.5. The Bertz CT molecular complexity index is 940. The van der Waals surface area contributed by atoms with Crippen LogP contribution in [0.1, 0.15) is 48.9 Å². The second-order valence-corrected chi connectivity index (χ2v) is 8.51. The Kier molecular flexibility index (Phi) is 5.23. The molecule has 0 aromatic carbocycles. The van der Waals surface area contributed by atoms with Gasteiger partial charge < -0.3 is 15.1 Å². The van der Waals surface area contributed by atoms with Gasteiger partial charge in [0.1, 0.15) is 5.69 Å². The fourth-order valence-corrected chi connectivity index (χ4v) is 4.33. The first-order valence-electron chi connectivity index (χ1n) is 10.4. The largest absolute Gasteiger partial charge is 0.322 e. The molecule has 1 atom stereocenters. The van der Waals surface area contributed by atoms with Crippen LogP contribution in [0.3, 0.4) is 0 Å². The summed E-state index contributed by atoms with van der Waals surface area (Å²) in [6.45, 7) is 8.89. The van der Waals surface area contributed by atoms with E-state index < -0.39 is 5.54 Å². The highest BCUT2D eigenvalue weighted by molar-refractivity contribution is 6.02. The lowest BCUT2D eigenvalue weighted by Crippen LogP contribution is -2.57. The zero-order valence-corrected chi connectivity index (χ0v) is 18.0. The molecule has 160 valence electrons. The van der Waals surface area contributed by atoms with Gasteiger partial charge in [0.15, 0.2) is 5.82 Å². The molecule has 0 spiro atoms. The molecule has 30 heavy (non-hydrogen) atoms. The summed E-state index contributed by atoms with van der Waals surface area (Å²) in [5.41, 5.74) is 1.48. The summed E-state index contributed by atoms with van der Waals surface area (Å²) in [5, 5.41) is 10.2. The number of piperazine rings is 1. The number of hydrogen-bond acceptors (Lipinski definition) is 5. The highest BCUT2D eigenvalue weighted by Crippen LogP contribution is 2.41. The van der Waals surface area contributed by atoms with Gasteiger partial charge >= 0.3 is 6.03 Å². The molecule has 4 heterocycles. The van der Waals surface area contributed by atoms with Crippen molar-refractivity contribution < 1.29 is 9.59 Å². The van der Waals surface area contributed by atoms with Crippen LogP contribution in [-0.4, -0.2) is 74.5 Å². The Morgan fingerprint density at radius 2 is 2.10 bits per heavy atom. The smallest absolute Gasteiger partial charge is 0.321 e. The summed E-state index contributed by atoms with van der Waals surface area (Å²) >= 11 is 0. The lowest BCUT2D eigenvalue weighted by atomic mass is 10.0. The van der Waals surface area contributed by atoms with Crippen molar-refractivity contribution in [1.82, 2.24) is 29.9 Å². The number of rotatable bonds is 3. The average molecular weight is 412 g/mol. The Morgan fingerprint density at radius 3 is 2.80 bits per heavy atom. The minimum Gasteiger partial charge on any atom is -0.322 e. The molecule has 1 saturated heterocycles. The van der Waals surface area contributed by atoms with Crippen LogP contribution in [0.25, 0.3) is 0 Å². The molecule has 2 aliphatic heterocycles. The molecule has 2 aliphatic rings. The van der Waals surface area contributed by atoms with Crippen LogP contribution in [0.2, 0.25) is 0 Å². The minimum atomic E-state index is -0.543. The predicted octanol–water partition coefficient (Wildman–Crippen LogP) is 2.25. The van der Waals surface area contributed by atoms with E-state index in [1.54, 1.807) is 24.4 Å². The van der Waals surface area contributed by atoms with E-state index in [4.69, 9.17) is 0 Å². The summed E-state index contributed by atoms with van der Waals surface area (Å²) in [4.78, 5) is 36.1. The number of anilines is 1. The lowest BCUT2D eigenvalue weighted by molar-refractivity contribution is 0.0662. The summed E-state index contributed by atoms with van der Waals surface area (Å²) in [6, 6.07) is 5.58. The molecule has 1 fully saturated rings. The fraction of sp³-hybridized carbons (Fsp3) is 0.524. The van der Waals surface area contributed by atoms with Crippen LogP contribution in [0, 0.1) is 0 Å². The quantitative estimate of drug-likeness (QED) is 0.807.